The Kier molecular flexibility index (Phi) is 4.99. The average molecular weight is 387 g/mol. The van der Waals surface area contributed by atoms with Crippen LogP contribution in [0.3, 0.4) is 0 Å². The number of amides is 2. The van der Waals surface area contributed by atoms with Gasteiger partial charge in [-0.25, -0.2) is 14.5 Å². The SMILES string of the molecule is CC(C)(C)OC(=O)N1C(=O)[C@@](CO)(COC(=O)c2ccco2)c2ccccc21. The van der Waals surface area contributed by atoms with Gasteiger partial charge >= 0.3 is 12.1 Å². The highest BCUT2D eigenvalue weighted by Crippen LogP contribution is 2.42. The molecule has 0 saturated carbocycles. The van der Waals surface area contributed by atoms with Gasteiger partial charge in [-0.3, -0.25) is 4.79 Å². The first-order valence-electron chi connectivity index (χ1n) is 8.68. The molecule has 1 aromatic carbocycles. The van der Waals surface area contributed by atoms with Crippen LogP contribution in [-0.4, -0.2) is 41.9 Å². The zero-order valence-corrected chi connectivity index (χ0v) is 15.8. The van der Waals surface area contributed by atoms with E-state index in [1.807, 2.05) is 0 Å². The minimum Gasteiger partial charge on any atom is -0.458 e. The molecule has 1 N–H and O–H groups in total. The quantitative estimate of drug-likeness (QED) is 0.804. The van der Waals surface area contributed by atoms with Crippen LogP contribution in [-0.2, 0) is 19.7 Å². The van der Waals surface area contributed by atoms with Gasteiger partial charge in [0.2, 0.25) is 5.76 Å². The molecule has 0 saturated heterocycles. The van der Waals surface area contributed by atoms with Gasteiger partial charge in [0.1, 0.15) is 17.6 Å². The lowest BCUT2D eigenvalue weighted by Gasteiger charge is -2.27. The van der Waals surface area contributed by atoms with Gasteiger partial charge in [-0.2, -0.15) is 0 Å². The highest BCUT2D eigenvalue weighted by molar-refractivity contribution is 6.21. The van der Waals surface area contributed by atoms with Gasteiger partial charge in [-0.15, -0.1) is 0 Å². The van der Waals surface area contributed by atoms with Crippen LogP contribution in [0.2, 0.25) is 0 Å². The van der Waals surface area contributed by atoms with Crippen LogP contribution in [0.1, 0.15) is 36.9 Å². The predicted molar refractivity (Wildman–Crippen MR) is 97.9 cm³/mol. The Morgan fingerprint density at radius 2 is 1.89 bits per heavy atom. The smallest absolute Gasteiger partial charge is 0.421 e. The number of nitrogens with zero attached hydrogens (tertiary/aromatic N) is 1. The number of anilines is 1. The maximum absolute atomic E-state index is 13.2. The van der Waals surface area contributed by atoms with Crippen LogP contribution < -0.4 is 4.90 Å². The largest absolute Gasteiger partial charge is 0.458 e. The molecule has 1 aliphatic rings. The fourth-order valence-corrected chi connectivity index (χ4v) is 2.99. The van der Waals surface area contributed by atoms with Gasteiger partial charge in [-0.1, -0.05) is 18.2 Å². The number of para-hydroxylation sites is 1. The molecule has 0 aliphatic carbocycles. The van der Waals surface area contributed by atoms with Crippen LogP contribution in [0.15, 0.2) is 47.1 Å². The molecule has 2 amide bonds. The number of aliphatic hydroxyl groups is 1. The van der Waals surface area contributed by atoms with Crippen LogP contribution in [0.4, 0.5) is 10.5 Å². The molecule has 148 valence electrons. The Morgan fingerprint density at radius 1 is 1.18 bits per heavy atom. The summed E-state index contributed by atoms with van der Waals surface area (Å²) in [5, 5.41) is 10.1. The Bertz CT molecular complexity index is 898. The summed E-state index contributed by atoms with van der Waals surface area (Å²) in [5.41, 5.74) is -1.77. The molecule has 0 fully saturated rings. The minimum atomic E-state index is -1.62. The zero-order chi connectivity index (χ0) is 20.5. The predicted octanol–water partition coefficient (Wildman–Crippen LogP) is 2.65. The van der Waals surface area contributed by atoms with E-state index in [2.05, 4.69) is 0 Å². The number of imide groups is 1. The number of aliphatic hydroxyl groups excluding tert-OH is 1. The first-order valence-corrected chi connectivity index (χ1v) is 8.68. The molecule has 1 aromatic heterocycles. The molecule has 2 aromatic rings. The molecule has 3 rings (SSSR count). The van der Waals surface area contributed by atoms with Crippen molar-refractivity contribution in [3.63, 3.8) is 0 Å². The standard InChI is InChI=1S/C20H21NO7/c1-19(2,3)28-18(25)21-14-8-5-4-7-13(14)20(11-22,17(21)24)12-27-16(23)15-9-6-10-26-15/h4-10,22H,11-12H2,1-3H3/t20-/m0/s1. The summed E-state index contributed by atoms with van der Waals surface area (Å²) in [4.78, 5) is 38.8. The van der Waals surface area contributed by atoms with E-state index in [1.54, 1.807) is 45.0 Å². The third kappa shape index (κ3) is 3.38. The molecule has 1 atom stereocenters. The van der Waals surface area contributed by atoms with Crippen molar-refractivity contribution < 1.29 is 33.4 Å². The highest BCUT2D eigenvalue weighted by atomic mass is 16.6. The molecule has 0 radical (unpaired) electrons. The number of ether oxygens (including phenoxy) is 2. The third-order valence-corrected chi connectivity index (χ3v) is 4.29. The fraction of sp³-hybridized carbons (Fsp3) is 0.350. The summed E-state index contributed by atoms with van der Waals surface area (Å²) in [6.07, 6.45) is 0.455. The fourth-order valence-electron chi connectivity index (χ4n) is 2.99. The first-order chi connectivity index (χ1) is 13.2. The summed E-state index contributed by atoms with van der Waals surface area (Å²) < 4.78 is 15.5. The number of rotatable bonds is 4. The van der Waals surface area contributed by atoms with Gasteiger partial charge in [0.15, 0.2) is 0 Å². The molecule has 0 unspecified atom stereocenters. The highest BCUT2D eigenvalue weighted by Gasteiger charge is 2.54. The Balaban J connectivity index is 1.94. The van der Waals surface area contributed by atoms with E-state index < -0.39 is 42.2 Å². The monoisotopic (exact) mass is 387 g/mol. The molecule has 28 heavy (non-hydrogen) atoms. The molecule has 8 nitrogen and oxygen atoms in total. The van der Waals surface area contributed by atoms with Crippen molar-refractivity contribution in [2.45, 2.75) is 31.8 Å². The lowest BCUT2D eigenvalue weighted by Crippen LogP contribution is -2.49. The summed E-state index contributed by atoms with van der Waals surface area (Å²) in [6.45, 7) is 3.93. The third-order valence-electron chi connectivity index (χ3n) is 4.29. The van der Waals surface area contributed by atoms with Gasteiger partial charge in [0, 0.05) is 0 Å². The van der Waals surface area contributed by atoms with Crippen LogP contribution in [0, 0.1) is 0 Å². The maximum Gasteiger partial charge on any atom is 0.421 e. The zero-order valence-electron chi connectivity index (χ0n) is 15.8. The summed E-state index contributed by atoms with van der Waals surface area (Å²) in [7, 11) is 0. The number of benzene rings is 1. The number of fused-ring (bicyclic) bond motifs is 1. The van der Waals surface area contributed by atoms with Crippen molar-refractivity contribution in [2.75, 3.05) is 18.1 Å². The molecule has 1 aliphatic heterocycles. The topological polar surface area (TPSA) is 106 Å². The van der Waals surface area contributed by atoms with E-state index in [0.717, 1.165) is 4.90 Å². The number of carbonyl (C=O) groups excluding carboxylic acids is 3. The Labute approximate surface area is 161 Å². The molecular weight excluding hydrogens is 366 g/mol. The lowest BCUT2D eigenvalue weighted by molar-refractivity contribution is -0.126. The van der Waals surface area contributed by atoms with Crippen molar-refractivity contribution in [1.29, 1.82) is 0 Å². The van der Waals surface area contributed by atoms with Crippen molar-refractivity contribution in [3.05, 3.63) is 54.0 Å². The molecule has 0 bridgehead atoms. The second-order valence-corrected chi connectivity index (χ2v) is 7.43. The number of carbonyl (C=O) groups is 3. The molecule has 8 heteroatoms. The van der Waals surface area contributed by atoms with Gasteiger partial charge < -0.3 is 19.0 Å². The van der Waals surface area contributed by atoms with Crippen LogP contribution >= 0.6 is 0 Å². The average Bonchev–Trinajstić information content (AvgIpc) is 3.24. The van der Waals surface area contributed by atoms with Crippen LogP contribution in [0.5, 0.6) is 0 Å². The van der Waals surface area contributed by atoms with Crippen LogP contribution in [0.25, 0.3) is 0 Å². The van der Waals surface area contributed by atoms with Gasteiger partial charge in [0.25, 0.3) is 5.91 Å². The van der Waals surface area contributed by atoms with E-state index in [0.29, 0.717) is 5.56 Å². The molecular formula is C20H21NO7. The maximum atomic E-state index is 13.2. The van der Waals surface area contributed by atoms with E-state index >= 15 is 0 Å². The van der Waals surface area contributed by atoms with E-state index in [1.165, 1.54) is 18.4 Å². The molecule has 2 heterocycles. The van der Waals surface area contributed by atoms with E-state index in [9.17, 15) is 19.5 Å². The van der Waals surface area contributed by atoms with Crippen molar-refractivity contribution in [1.82, 2.24) is 0 Å². The Hall–Kier alpha value is -3.13. The van der Waals surface area contributed by atoms with Crippen molar-refractivity contribution >= 4 is 23.7 Å². The summed E-state index contributed by atoms with van der Waals surface area (Å²) in [6, 6.07) is 9.46. The first kappa shape index (κ1) is 19.6. The molecule has 0 spiro atoms. The second kappa shape index (κ2) is 7.12. The van der Waals surface area contributed by atoms with E-state index in [-0.39, 0.29) is 11.4 Å². The summed E-state index contributed by atoms with van der Waals surface area (Å²) in [5.74, 6) is -1.53. The normalized spacial score (nSPS) is 18.7. The number of furan rings is 1. The number of hydrogen-bond donors (Lipinski definition) is 1. The second-order valence-electron chi connectivity index (χ2n) is 7.43. The summed E-state index contributed by atoms with van der Waals surface area (Å²) >= 11 is 0. The van der Waals surface area contributed by atoms with Crippen molar-refractivity contribution in [3.8, 4) is 0 Å². The van der Waals surface area contributed by atoms with Crippen molar-refractivity contribution in [2.24, 2.45) is 0 Å². The minimum absolute atomic E-state index is 0.0316. The Morgan fingerprint density at radius 3 is 2.50 bits per heavy atom. The van der Waals surface area contributed by atoms with Gasteiger partial charge in [-0.05, 0) is 44.5 Å². The van der Waals surface area contributed by atoms with E-state index in [4.69, 9.17) is 13.9 Å². The number of hydrogen-bond acceptors (Lipinski definition) is 7. The number of esters is 1. The van der Waals surface area contributed by atoms with Gasteiger partial charge in [0.05, 0.1) is 18.6 Å². The lowest BCUT2D eigenvalue weighted by atomic mass is 9.83.